The van der Waals surface area contributed by atoms with Crippen LogP contribution in [0.1, 0.15) is 44.2 Å². The van der Waals surface area contributed by atoms with Gasteiger partial charge in [0.2, 0.25) is 0 Å². The van der Waals surface area contributed by atoms with E-state index < -0.39 is 12.1 Å². The second kappa shape index (κ2) is 6.04. The minimum atomic E-state index is -4.06. The summed E-state index contributed by atoms with van der Waals surface area (Å²) in [4.78, 5) is 0. The van der Waals surface area contributed by atoms with Gasteiger partial charge in [-0.05, 0) is 38.7 Å². The first-order chi connectivity index (χ1) is 9.38. The van der Waals surface area contributed by atoms with Crippen LogP contribution in [0.2, 0.25) is 0 Å². The SMILES string of the molecule is CC(NC1CCC(C(F)(F)F)CC1)c1ccccc1O. The molecule has 1 atom stereocenters. The maximum Gasteiger partial charge on any atom is 0.391 e. The molecule has 0 aliphatic heterocycles. The number of hydrogen-bond donors (Lipinski definition) is 2. The molecule has 0 aromatic heterocycles. The third-order valence-electron chi connectivity index (χ3n) is 4.08. The maximum atomic E-state index is 12.6. The number of hydrogen-bond acceptors (Lipinski definition) is 2. The molecule has 1 unspecified atom stereocenters. The van der Waals surface area contributed by atoms with Crippen molar-refractivity contribution < 1.29 is 18.3 Å². The molecule has 2 rings (SSSR count). The summed E-state index contributed by atoms with van der Waals surface area (Å²) in [5.41, 5.74) is 0.783. The van der Waals surface area contributed by atoms with Crippen LogP contribution in [0.25, 0.3) is 0 Å². The van der Waals surface area contributed by atoms with Crippen molar-refractivity contribution in [3.05, 3.63) is 29.8 Å². The standard InChI is InChI=1S/C15H20F3NO/c1-10(13-4-2-3-5-14(13)20)19-12-8-6-11(7-9-12)15(16,17)18/h2-5,10-12,19-20H,6-9H2,1H3. The van der Waals surface area contributed by atoms with E-state index in [2.05, 4.69) is 5.32 Å². The molecule has 5 heteroatoms. The Hall–Kier alpha value is -1.23. The van der Waals surface area contributed by atoms with Crippen LogP contribution in [0.3, 0.4) is 0 Å². The summed E-state index contributed by atoms with van der Waals surface area (Å²) in [6.07, 6.45) is -2.62. The summed E-state index contributed by atoms with van der Waals surface area (Å²) in [5, 5.41) is 13.1. The molecule has 0 saturated heterocycles. The fraction of sp³-hybridized carbons (Fsp3) is 0.600. The summed E-state index contributed by atoms with van der Waals surface area (Å²) in [6, 6.07) is 7.06. The molecular formula is C15H20F3NO. The van der Waals surface area contributed by atoms with Gasteiger partial charge in [0.05, 0.1) is 5.92 Å². The van der Waals surface area contributed by atoms with Gasteiger partial charge in [0.25, 0.3) is 0 Å². The van der Waals surface area contributed by atoms with Crippen molar-refractivity contribution in [2.45, 2.75) is 50.9 Å². The van der Waals surface area contributed by atoms with Gasteiger partial charge in [-0.15, -0.1) is 0 Å². The van der Waals surface area contributed by atoms with Gasteiger partial charge in [-0.2, -0.15) is 13.2 Å². The number of nitrogens with one attached hydrogen (secondary N) is 1. The number of phenolic OH excluding ortho intramolecular Hbond substituents is 1. The number of alkyl halides is 3. The second-order valence-corrected chi connectivity index (χ2v) is 5.54. The van der Waals surface area contributed by atoms with Crippen LogP contribution >= 0.6 is 0 Å². The molecule has 1 aliphatic carbocycles. The third-order valence-corrected chi connectivity index (χ3v) is 4.08. The molecule has 1 aromatic carbocycles. The van der Waals surface area contributed by atoms with Gasteiger partial charge in [0.15, 0.2) is 0 Å². The van der Waals surface area contributed by atoms with Crippen molar-refractivity contribution in [3.63, 3.8) is 0 Å². The van der Waals surface area contributed by atoms with Crippen molar-refractivity contribution >= 4 is 0 Å². The van der Waals surface area contributed by atoms with Crippen molar-refractivity contribution in [1.82, 2.24) is 5.32 Å². The third kappa shape index (κ3) is 3.66. The van der Waals surface area contributed by atoms with Crippen molar-refractivity contribution in [2.24, 2.45) is 5.92 Å². The quantitative estimate of drug-likeness (QED) is 0.874. The van der Waals surface area contributed by atoms with E-state index in [9.17, 15) is 18.3 Å². The number of benzene rings is 1. The Bertz CT molecular complexity index is 439. The molecule has 0 heterocycles. The Kier molecular flexibility index (Phi) is 4.58. The second-order valence-electron chi connectivity index (χ2n) is 5.54. The fourth-order valence-electron chi connectivity index (χ4n) is 2.88. The molecule has 20 heavy (non-hydrogen) atoms. The molecule has 112 valence electrons. The zero-order valence-electron chi connectivity index (χ0n) is 11.5. The highest BCUT2D eigenvalue weighted by atomic mass is 19.4. The number of para-hydroxylation sites is 1. The summed E-state index contributed by atoms with van der Waals surface area (Å²) in [5.74, 6) is -0.933. The van der Waals surface area contributed by atoms with Gasteiger partial charge in [0.1, 0.15) is 5.75 Å². The highest BCUT2D eigenvalue weighted by molar-refractivity contribution is 5.34. The van der Waals surface area contributed by atoms with Gasteiger partial charge in [-0.3, -0.25) is 0 Å². The van der Waals surface area contributed by atoms with Crippen LogP contribution in [-0.4, -0.2) is 17.3 Å². The number of rotatable bonds is 3. The lowest BCUT2D eigenvalue weighted by Crippen LogP contribution is -2.38. The van der Waals surface area contributed by atoms with Crippen LogP contribution in [0, 0.1) is 5.92 Å². The highest BCUT2D eigenvalue weighted by Gasteiger charge is 2.41. The molecule has 2 N–H and O–H groups in total. The zero-order chi connectivity index (χ0) is 14.8. The first kappa shape index (κ1) is 15.2. The lowest BCUT2D eigenvalue weighted by atomic mass is 9.85. The zero-order valence-corrected chi connectivity index (χ0v) is 11.5. The molecular weight excluding hydrogens is 267 g/mol. The first-order valence-corrected chi connectivity index (χ1v) is 6.98. The van der Waals surface area contributed by atoms with Crippen LogP contribution in [0.5, 0.6) is 5.75 Å². The summed E-state index contributed by atoms with van der Waals surface area (Å²) >= 11 is 0. The molecule has 1 aromatic rings. The maximum absolute atomic E-state index is 12.6. The van der Waals surface area contributed by atoms with E-state index in [0.29, 0.717) is 12.8 Å². The topological polar surface area (TPSA) is 32.3 Å². The smallest absolute Gasteiger partial charge is 0.391 e. The van der Waals surface area contributed by atoms with Gasteiger partial charge < -0.3 is 10.4 Å². The van der Waals surface area contributed by atoms with Crippen LogP contribution in [0.4, 0.5) is 13.2 Å². The molecule has 0 radical (unpaired) electrons. The van der Waals surface area contributed by atoms with E-state index in [0.717, 1.165) is 5.56 Å². The van der Waals surface area contributed by atoms with E-state index in [4.69, 9.17) is 0 Å². The van der Waals surface area contributed by atoms with E-state index in [1.807, 2.05) is 19.1 Å². The summed E-state index contributed by atoms with van der Waals surface area (Å²) < 4.78 is 37.8. The minimum Gasteiger partial charge on any atom is -0.508 e. The summed E-state index contributed by atoms with van der Waals surface area (Å²) in [6.45, 7) is 1.92. The molecule has 0 bridgehead atoms. The number of phenols is 1. The Balaban J connectivity index is 1.88. The van der Waals surface area contributed by atoms with E-state index in [-0.39, 0.29) is 30.7 Å². The lowest BCUT2D eigenvalue weighted by Gasteiger charge is -2.32. The predicted octanol–water partition coefficient (Wildman–Crippen LogP) is 4.16. The lowest BCUT2D eigenvalue weighted by molar-refractivity contribution is -0.182. The monoisotopic (exact) mass is 287 g/mol. The molecule has 2 nitrogen and oxygen atoms in total. The van der Waals surface area contributed by atoms with E-state index >= 15 is 0 Å². The molecule has 0 spiro atoms. The van der Waals surface area contributed by atoms with E-state index in [1.54, 1.807) is 12.1 Å². The van der Waals surface area contributed by atoms with Gasteiger partial charge in [-0.25, -0.2) is 0 Å². The van der Waals surface area contributed by atoms with Crippen LogP contribution in [0.15, 0.2) is 24.3 Å². The van der Waals surface area contributed by atoms with Gasteiger partial charge >= 0.3 is 6.18 Å². The Morgan fingerprint density at radius 2 is 1.75 bits per heavy atom. The molecule has 0 amide bonds. The Morgan fingerprint density at radius 1 is 1.15 bits per heavy atom. The highest BCUT2D eigenvalue weighted by Crippen LogP contribution is 2.38. The van der Waals surface area contributed by atoms with Crippen molar-refractivity contribution in [1.29, 1.82) is 0 Å². The normalized spacial score (nSPS) is 25.4. The van der Waals surface area contributed by atoms with Crippen LogP contribution < -0.4 is 5.32 Å². The minimum absolute atomic E-state index is 0.0661. The summed E-state index contributed by atoms with van der Waals surface area (Å²) in [7, 11) is 0. The van der Waals surface area contributed by atoms with Gasteiger partial charge in [0, 0.05) is 17.6 Å². The Labute approximate surface area is 117 Å². The molecule has 1 aliphatic rings. The molecule has 1 fully saturated rings. The number of halogens is 3. The average Bonchev–Trinajstić information content (AvgIpc) is 2.38. The predicted molar refractivity (Wildman–Crippen MR) is 71.5 cm³/mol. The molecule has 1 saturated carbocycles. The van der Waals surface area contributed by atoms with Crippen molar-refractivity contribution in [3.8, 4) is 5.75 Å². The fourth-order valence-corrected chi connectivity index (χ4v) is 2.88. The average molecular weight is 287 g/mol. The van der Waals surface area contributed by atoms with E-state index in [1.165, 1.54) is 0 Å². The van der Waals surface area contributed by atoms with Gasteiger partial charge in [-0.1, -0.05) is 18.2 Å². The van der Waals surface area contributed by atoms with Crippen molar-refractivity contribution in [2.75, 3.05) is 0 Å². The number of aromatic hydroxyl groups is 1. The first-order valence-electron chi connectivity index (χ1n) is 6.98. The Morgan fingerprint density at radius 3 is 2.30 bits per heavy atom. The van der Waals surface area contributed by atoms with Crippen LogP contribution in [-0.2, 0) is 0 Å². The largest absolute Gasteiger partial charge is 0.508 e.